The van der Waals surface area contributed by atoms with Gasteiger partial charge in [0.05, 0.1) is 16.6 Å². The summed E-state index contributed by atoms with van der Waals surface area (Å²) in [5, 5.41) is 10.2. The highest BCUT2D eigenvalue weighted by Gasteiger charge is 2.77. The van der Waals surface area contributed by atoms with Gasteiger partial charge in [-0.2, -0.15) is 8.78 Å². The zero-order valence-electron chi connectivity index (χ0n) is 14.4. The largest absolute Gasteiger partial charge is 0.390 e. The van der Waals surface area contributed by atoms with Crippen molar-refractivity contribution in [3.63, 3.8) is 0 Å². The molecule has 0 aromatic rings. The lowest BCUT2D eigenvalue weighted by atomic mass is 9.51. The normalized spacial score (nSPS) is 51.7. The SMILES string of the molecule is CC12CCC(C(F)(F)OC34CCC(O)(CC3)CC4)(CC1)C(F)C2(F)F. The first-order chi connectivity index (χ1) is 11.4. The second-order valence-corrected chi connectivity index (χ2v) is 9.23. The molecule has 6 fully saturated rings. The molecule has 0 aromatic heterocycles. The lowest BCUT2D eigenvalue weighted by Crippen LogP contribution is -2.69. The molecule has 0 amide bonds. The molecule has 1 unspecified atom stereocenters. The highest BCUT2D eigenvalue weighted by molar-refractivity contribution is 5.15. The van der Waals surface area contributed by atoms with E-state index in [2.05, 4.69) is 0 Å². The summed E-state index contributed by atoms with van der Waals surface area (Å²) >= 11 is 0. The van der Waals surface area contributed by atoms with E-state index in [4.69, 9.17) is 4.74 Å². The van der Waals surface area contributed by atoms with Gasteiger partial charge in [-0.25, -0.2) is 13.2 Å². The van der Waals surface area contributed by atoms with E-state index < -0.39 is 40.2 Å². The number of aliphatic hydroxyl groups is 1. The van der Waals surface area contributed by atoms with Crippen molar-refractivity contribution in [1.29, 1.82) is 0 Å². The molecule has 6 aliphatic carbocycles. The number of hydrogen-bond donors (Lipinski definition) is 1. The molecular weight excluding hydrogens is 343 g/mol. The molecule has 7 heteroatoms. The number of alkyl halides is 5. The Morgan fingerprint density at radius 1 is 0.880 bits per heavy atom. The number of hydrogen-bond acceptors (Lipinski definition) is 2. The number of halogens is 5. The third-order valence-electron chi connectivity index (χ3n) is 7.92. The first-order valence-electron chi connectivity index (χ1n) is 9.22. The smallest absolute Gasteiger partial charge is 0.364 e. The maximum absolute atomic E-state index is 15.2. The van der Waals surface area contributed by atoms with Gasteiger partial charge in [-0.15, -0.1) is 0 Å². The number of fused-ring (bicyclic) bond motifs is 6. The standard InChI is InChI=1S/C18H25F5O2/c1-13-2-10-16(11-3-13,12(19)17(13,20)21)18(22,23)25-15-7-4-14(24,5-8-15)6-9-15/h12,24H,2-11H2,1H3. The van der Waals surface area contributed by atoms with Crippen molar-refractivity contribution in [1.82, 2.24) is 0 Å². The minimum absolute atomic E-state index is 0.119. The van der Waals surface area contributed by atoms with Crippen LogP contribution in [0.1, 0.15) is 71.1 Å². The molecule has 0 radical (unpaired) electrons. The second kappa shape index (κ2) is 4.89. The van der Waals surface area contributed by atoms with E-state index in [1.54, 1.807) is 0 Å². The molecule has 25 heavy (non-hydrogen) atoms. The van der Waals surface area contributed by atoms with Gasteiger partial charge in [-0.1, -0.05) is 6.92 Å². The molecule has 0 aliphatic heterocycles. The van der Waals surface area contributed by atoms with Gasteiger partial charge in [0.1, 0.15) is 0 Å². The predicted molar refractivity (Wildman–Crippen MR) is 80.3 cm³/mol. The van der Waals surface area contributed by atoms with Gasteiger partial charge in [0.15, 0.2) is 6.17 Å². The quantitative estimate of drug-likeness (QED) is 0.712. The fraction of sp³-hybridized carbons (Fsp3) is 1.00. The maximum atomic E-state index is 15.2. The molecule has 6 saturated carbocycles. The van der Waals surface area contributed by atoms with Gasteiger partial charge >= 0.3 is 6.11 Å². The molecule has 0 spiro atoms. The van der Waals surface area contributed by atoms with Crippen LogP contribution in [0, 0.1) is 10.8 Å². The average molecular weight is 368 g/mol. The Labute approximate surface area is 144 Å². The molecule has 0 heterocycles. The van der Waals surface area contributed by atoms with Crippen LogP contribution in [0.4, 0.5) is 22.0 Å². The van der Waals surface area contributed by atoms with Crippen molar-refractivity contribution in [3.05, 3.63) is 0 Å². The summed E-state index contributed by atoms with van der Waals surface area (Å²) in [5.74, 6) is -3.77. The third kappa shape index (κ3) is 2.20. The van der Waals surface area contributed by atoms with E-state index in [1.165, 1.54) is 6.92 Å². The summed E-state index contributed by atoms with van der Waals surface area (Å²) in [4.78, 5) is 0. The predicted octanol–water partition coefficient (Wildman–Crippen LogP) is 4.99. The Bertz CT molecular complexity index is 543. The van der Waals surface area contributed by atoms with Crippen molar-refractivity contribution in [2.45, 2.75) is 101 Å². The van der Waals surface area contributed by atoms with Crippen LogP contribution in [0.15, 0.2) is 0 Å². The molecule has 0 aromatic carbocycles. The van der Waals surface area contributed by atoms with E-state index >= 15 is 8.78 Å². The zero-order chi connectivity index (χ0) is 18.4. The number of ether oxygens (including phenoxy) is 1. The fourth-order valence-corrected chi connectivity index (χ4v) is 5.58. The van der Waals surface area contributed by atoms with Crippen molar-refractivity contribution in [2.24, 2.45) is 10.8 Å². The van der Waals surface area contributed by atoms with Crippen LogP contribution in [-0.2, 0) is 4.74 Å². The van der Waals surface area contributed by atoms with Crippen LogP contribution in [0.2, 0.25) is 0 Å². The minimum atomic E-state index is -3.94. The molecule has 4 bridgehead atoms. The highest BCUT2D eigenvalue weighted by atomic mass is 19.3. The first-order valence-corrected chi connectivity index (χ1v) is 9.22. The van der Waals surface area contributed by atoms with Crippen LogP contribution >= 0.6 is 0 Å². The lowest BCUT2D eigenvalue weighted by Gasteiger charge is -2.61. The Kier molecular flexibility index (Phi) is 3.51. The zero-order valence-corrected chi connectivity index (χ0v) is 14.4. The Balaban J connectivity index is 1.62. The third-order valence-corrected chi connectivity index (χ3v) is 7.92. The van der Waals surface area contributed by atoms with E-state index in [0.717, 1.165) is 0 Å². The summed E-state index contributed by atoms with van der Waals surface area (Å²) in [6.45, 7) is 1.30. The van der Waals surface area contributed by atoms with Crippen LogP contribution in [-0.4, -0.2) is 34.5 Å². The first kappa shape index (κ1) is 18.0. The molecule has 0 saturated heterocycles. The molecule has 144 valence electrons. The highest BCUT2D eigenvalue weighted by Crippen LogP contribution is 2.69. The number of rotatable bonds is 3. The van der Waals surface area contributed by atoms with Gasteiger partial charge in [0, 0.05) is 5.41 Å². The maximum Gasteiger partial charge on any atom is 0.364 e. The van der Waals surface area contributed by atoms with Gasteiger partial charge in [-0.05, 0) is 64.2 Å². The summed E-state index contributed by atoms with van der Waals surface area (Å²) in [6.07, 6.45) is -5.76. The van der Waals surface area contributed by atoms with Crippen LogP contribution < -0.4 is 0 Å². The summed E-state index contributed by atoms with van der Waals surface area (Å²) in [5.41, 5.74) is -5.94. The van der Waals surface area contributed by atoms with Gasteiger partial charge in [-0.3, -0.25) is 0 Å². The molecular formula is C18H25F5O2. The average Bonchev–Trinajstić information content (AvgIpc) is 2.54. The molecule has 6 aliphatic rings. The molecule has 1 atom stereocenters. The van der Waals surface area contributed by atoms with Crippen LogP contribution in [0.25, 0.3) is 0 Å². The monoisotopic (exact) mass is 368 g/mol. The van der Waals surface area contributed by atoms with Crippen LogP contribution in [0.5, 0.6) is 0 Å². The van der Waals surface area contributed by atoms with Crippen LogP contribution in [0.3, 0.4) is 0 Å². The van der Waals surface area contributed by atoms with Gasteiger partial charge in [0.2, 0.25) is 0 Å². The van der Waals surface area contributed by atoms with E-state index in [0.29, 0.717) is 19.3 Å². The van der Waals surface area contributed by atoms with E-state index in [9.17, 15) is 18.3 Å². The summed E-state index contributed by atoms with van der Waals surface area (Å²) < 4.78 is 79.3. The second-order valence-electron chi connectivity index (χ2n) is 9.23. The molecule has 2 nitrogen and oxygen atoms in total. The minimum Gasteiger partial charge on any atom is -0.390 e. The Morgan fingerprint density at radius 3 is 1.84 bits per heavy atom. The van der Waals surface area contributed by atoms with Crippen molar-refractivity contribution in [2.75, 3.05) is 0 Å². The van der Waals surface area contributed by atoms with Gasteiger partial charge in [0.25, 0.3) is 5.92 Å². The Hall–Kier alpha value is -0.430. The van der Waals surface area contributed by atoms with Crippen molar-refractivity contribution < 1.29 is 31.8 Å². The Morgan fingerprint density at radius 2 is 1.36 bits per heavy atom. The summed E-state index contributed by atoms with van der Waals surface area (Å²) in [6, 6.07) is 0. The molecule has 1 N–H and O–H groups in total. The molecule has 6 rings (SSSR count). The topological polar surface area (TPSA) is 29.5 Å². The summed E-state index contributed by atoms with van der Waals surface area (Å²) in [7, 11) is 0. The van der Waals surface area contributed by atoms with E-state index in [-0.39, 0.29) is 44.9 Å². The fourth-order valence-electron chi connectivity index (χ4n) is 5.58. The van der Waals surface area contributed by atoms with E-state index in [1.807, 2.05) is 0 Å². The lowest BCUT2D eigenvalue weighted by molar-refractivity contribution is -0.413. The van der Waals surface area contributed by atoms with Crippen molar-refractivity contribution in [3.8, 4) is 0 Å². The van der Waals surface area contributed by atoms with Crippen molar-refractivity contribution >= 4 is 0 Å². The van der Waals surface area contributed by atoms with Gasteiger partial charge < -0.3 is 9.84 Å².